The van der Waals surface area contributed by atoms with Crippen LogP contribution in [-0.4, -0.2) is 33.6 Å². The van der Waals surface area contributed by atoms with Gasteiger partial charge in [-0.15, -0.1) is 10.2 Å². The van der Waals surface area contributed by atoms with E-state index in [1.165, 1.54) is 6.21 Å². The monoisotopic (exact) mass is 392 g/mol. The quantitative estimate of drug-likeness (QED) is 0.687. The molecule has 2 heterocycles. The fraction of sp³-hybridized carbons (Fsp3) is 0.458. The van der Waals surface area contributed by atoms with E-state index in [1.807, 2.05) is 37.3 Å². The number of hydrogen-bond acceptors (Lipinski definition) is 5. The third-order valence-electron chi connectivity index (χ3n) is 5.38. The summed E-state index contributed by atoms with van der Waals surface area (Å²) in [7, 11) is 0. The zero-order chi connectivity index (χ0) is 21.2. The Morgan fingerprint density at radius 2 is 1.79 bits per heavy atom. The topological polar surface area (TPSA) is 70.9 Å². The molecule has 0 atom stereocenters. The Labute approximate surface area is 174 Å². The molecule has 1 aliphatic rings. The minimum atomic E-state index is 0.0287. The summed E-state index contributed by atoms with van der Waals surface area (Å²) in [6.45, 7) is 12.8. The highest BCUT2D eigenvalue weighted by molar-refractivity contribution is 6.08. The van der Waals surface area contributed by atoms with Gasteiger partial charge in [0, 0.05) is 41.8 Å². The van der Waals surface area contributed by atoms with Gasteiger partial charge in [-0.2, -0.15) is 0 Å². The van der Waals surface area contributed by atoms with Gasteiger partial charge >= 0.3 is 0 Å². The van der Waals surface area contributed by atoms with Gasteiger partial charge in [-0.05, 0) is 64.3 Å². The van der Waals surface area contributed by atoms with Crippen molar-refractivity contribution >= 4 is 11.8 Å². The second kappa shape index (κ2) is 8.07. The second-order valence-electron chi connectivity index (χ2n) is 9.22. The van der Waals surface area contributed by atoms with E-state index in [0.717, 1.165) is 40.8 Å². The summed E-state index contributed by atoms with van der Waals surface area (Å²) in [6, 6.07) is 10.0. The van der Waals surface area contributed by atoms with Crippen LogP contribution in [0.3, 0.4) is 0 Å². The van der Waals surface area contributed by atoms with Crippen molar-refractivity contribution in [1.82, 2.24) is 15.5 Å². The second-order valence-corrected chi connectivity index (χ2v) is 9.22. The van der Waals surface area contributed by atoms with Crippen molar-refractivity contribution in [3.8, 4) is 17.1 Å². The molecule has 1 aliphatic heterocycles. The van der Waals surface area contributed by atoms with E-state index >= 15 is 0 Å². The lowest BCUT2D eigenvalue weighted by Crippen LogP contribution is -2.60. The molecule has 1 fully saturated rings. The highest BCUT2D eigenvalue weighted by Gasteiger charge is 2.38. The van der Waals surface area contributed by atoms with E-state index in [-0.39, 0.29) is 17.2 Å². The molecule has 0 aliphatic carbocycles. The van der Waals surface area contributed by atoms with Crippen LogP contribution >= 0.6 is 0 Å². The maximum absolute atomic E-state index is 7.53. The number of hydrogen-bond donors (Lipinski definition) is 2. The number of aromatic nitrogens is 2. The van der Waals surface area contributed by atoms with Gasteiger partial charge in [-0.1, -0.05) is 24.3 Å². The number of piperidine rings is 1. The fourth-order valence-corrected chi connectivity index (χ4v) is 4.47. The minimum Gasteiger partial charge on any atom is -0.473 e. The first-order chi connectivity index (χ1) is 13.6. The van der Waals surface area contributed by atoms with Crippen LogP contribution in [0.1, 0.15) is 58.6 Å². The van der Waals surface area contributed by atoms with Crippen molar-refractivity contribution in [3.05, 3.63) is 47.5 Å². The van der Waals surface area contributed by atoms with Crippen LogP contribution in [0, 0.1) is 12.3 Å². The van der Waals surface area contributed by atoms with Gasteiger partial charge in [0.25, 0.3) is 0 Å². The average Bonchev–Trinajstić information content (AvgIpc) is 2.61. The molecule has 1 aromatic carbocycles. The standard InChI is InChI=1S/C24H32N4O/c1-7-17(15-25)18-8-9-20(16(2)12-18)21-10-11-22(27-26-21)29-19-13-23(3,4)28-24(5,6)14-19/h7-12,15,19,25,28H,13-14H2,1-6H3/b17-7+,25-15?. The lowest BCUT2D eigenvalue weighted by Gasteiger charge is -2.46. The van der Waals surface area contributed by atoms with Gasteiger partial charge < -0.3 is 15.5 Å². The molecule has 0 saturated carbocycles. The molecule has 154 valence electrons. The number of ether oxygens (including phenoxy) is 1. The third kappa shape index (κ3) is 5.10. The van der Waals surface area contributed by atoms with Crippen molar-refractivity contribution in [1.29, 1.82) is 5.41 Å². The molecule has 0 spiro atoms. The Bertz CT molecular complexity index is 897. The van der Waals surface area contributed by atoms with Gasteiger partial charge in [0.05, 0.1) is 5.69 Å². The number of nitrogens with one attached hydrogen (secondary N) is 2. The molecular formula is C24H32N4O. The SMILES string of the molecule is C/C=C(\C=N)c1ccc(-c2ccc(OC3CC(C)(C)NC(C)(C)C3)nn2)c(C)c1. The molecule has 3 rings (SSSR count). The van der Waals surface area contributed by atoms with Crippen LogP contribution in [0.4, 0.5) is 0 Å². The Morgan fingerprint density at radius 1 is 1.10 bits per heavy atom. The molecule has 5 heteroatoms. The maximum atomic E-state index is 7.53. The zero-order valence-electron chi connectivity index (χ0n) is 18.3. The molecule has 2 N–H and O–H groups in total. The van der Waals surface area contributed by atoms with E-state index in [4.69, 9.17) is 10.1 Å². The summed E-state index contributed by atoms with van der Waals surface area (Å²) in [5, 5.41) is 20.0. The normalized spacial score (nSPS) is 19.0. The summed E-state index contributed by atoms with van der Waals surface area (Å²) in [6.07, 6.45) is 5.30. The van der Waals surface area contributed by atoms with Crippen molar-refractivity contribution in [2.24, 2.45) is 0 Å². The third-order valence-corrected chi connectivity index (χ3v) is 5.38. The Hall–Kier alpha value is -2.53. The van der Waals surface area contributed by atoms with E-state index in [0.29, 0.717) is 5.88 Å². The highest BCUT2D eigenvalue weighted by atomic mass is 16.5. The molecule has 1 saturated heterocycles. The molecule has 0 radical (unpaired) electrons. The smallest absolute Gasteiger partial charge is 0.233 e. The Morgan fingerprint density at radius 3 is 2.31 bits per heavy atom. The van der Waals surface area contributed by atoms with E-state index < -0.39 is 0 Å². The molecule has 0 unspecified atom stereocenters. The molecular weight excluding hydrogens is 360 g/mol. The van der Waals surface area contributed by atoms with Gasteiger partial charge in [0.1, 0.15) is 6.10 Å². The summed E-state index contributed by atoms with van der Waals surface area (Å²) in [4.78, 5) is 0. The van der Waals surface area contributed by atoms with Crippen LogP contribution in [-0.2, 0) is 0 Å². The Balaban J connectivity index is 1.76. The van der Waals surface area contributed by atoms with Crippen LogP contribution in [0.15, 0.2) is 36.4 Å². The van der Waals surface area contributed by atoms with Crippen LogP contribution in [0.25, 0.3) is 16.8 Å². The predicted octanol–water partition coefficient (Wildman–Crippen LogP) is 5.19. The minimum absolute atomic E-state index is 0.0287. The molecule has 2 aromatic rings. The van der Waals surface area contributed by atoms with E-state index in [2.05, 4.69) is 56.2 Å². The molecule has 0 amide bonds. The van der Waals surface area contributed by atoms with Crippen molar-refractivity contribution < 1.29 is 4.74 Å². The maximum Gasteiger partial charge on any atom is 0.233 e. The lowest BCUT2D eigenvalue weighted by atomic mass is 9.81. The summed E-state index contributed by atoms with van der Waals surface area (Å²) >= 11 is 0. The summed E-state index contributed by atoms with van der Waals surface area (Å²) < 4.78 is 6.18. The van der Waals surface area contributed by atoms with Crippen molar-refractivity contribution in [3.63, 3.8) is 0 Å². The van der Waals surface area contributed by atoms with Gasteiger partial charge in [0.15, 0.2) is 0 Å². The predicted molar refractivity (Wildman–Crippen MR) is 120 cm³/mol. The van der Waals surface area contributed by atoms with Gasteiger partial charge in [0.2, 0.25) is 5.88 Å². The first-order valence-electron chi connectivity index (χ1n) is 10.2. The van der Waals surface area contributed by atoms with Gasteiger partial charge in [-0.3, -0.25) is 0 Å². The first-order valence-corrected chi connectivity index (χ1v) is 10.2. The summed E-state index contributed by atoms with van der Waals surface area (Å²) in [5.41, 5.74) is 4.96. The molecule has 1 aromatic heterocycles. The Kier molecular flexibility index (Phi) is 5.90. The highest BCUT2D eigenvalue weighted by Crippen LogP contribution is 2.31. The van der Waals surface area contributed by atoms with Crippen LogP contribution in [0.2, 0.25) is 0 Å². The number of benzene rings is 1. The molecule has 5 nitrogen and oxygen atoms in total. The molecule has 0 bridgehead atoms. The molecule has 29 heavy (non-hydrogen) atoms. The average molecular weight is 393 g/mol. The zero-order valence-corrected chi connectivity index (χ0v) is 18.3. The first kappa shape index (κ1) is 21.2. The number of rotatable bonds is 5. The summed E-state index contributed by atoms with van der Waals surface area (Å²) in [5.74, 6) is 0.571. The number of allylic oxidation sites excluding steroid dienone is 2. The van der Waals surface area contributed by atoms with Crippen LogP contribution < -0.4 is 10.1 Å². The van der Waals surface area contributed by atoms with E-state index in [1.54, 1.807) is 0 Å². The van der Waals surface area contributed by atoms with Crippen LogP contribution in [0.5, 0.6) is 5.88 Å². The number of nitrogens with zero attached hydrogens (tertiary/aromatic N) is 2. The van der Waals surface area contributed by atoms with Crippen molar-refractivity contribution in [2.45, 2.75) is 71.6 Å². The fourth-order valence-electron chi connectivity index (χ4n) is 4.47. The largest absolute Gasteiger partial charge is 0.473 e. The van der Waals surface area contributed by atoms with Crippen molar-refractivity contribution in [2.75, 3.05) is 0 Å². The number of aryl methyl sites for hydroxylation is 1. The van der Waals surface area contributed by atoms with E-state index in [9.17, 15) is 0 Å². The van der Waals surface area contributed by atoms with Gasteiger partial charge in [-0.25, -0.2) is 0 Å². The lowest BCUT2D eigenvalue weighted by molar-refractivity contribution is 0.0524.